The average molecular weight is 199 g/mol. The number of hydrogen-bond acceptors (Lipinski definition) is 3. The van der Waals surface area contributed by atoms with E-state index in [0.29, 0.717) is 12.6 Å². The lowest BCUT2D eigenvalue weighted by atomic mass is 10.2. The molecule has 14 heavy (non-hydrogen) atoms. The highest BCUT2D eigenvalue weighted by Gasteiger charge is 2.18. The van der Waals surface area contributed by atoms with Crippen molar-refractivity contribution in [2.75, 3.05) is 39.8 Å². The van der Waals surface area contributed by atoms with Crippen molar-refractivity contribution in [3.05, 3.63) is 0 Å². The smallest absolute Gasteiger partial charge is 0.236 e. The van der Waals surface area contributed by atoms with Crippen LogP contribution in [-0.4, -0.2) is 61.5 Å². The minimum Gasteiger partial charge on any atom is -0.345 e. The summed E-state index contributed by atoms with van der Waals surface area (Å²) < 4.78 is 0. The minimum atomic E-state index is 0.224. The van der Waals surface area contributed by atoms with Gasteiger partial charge in [0.2, 0.25) is 5.91 Å². The molecule has 0 radical (unpaired) electrons. The normalized spacial score (nSPS) is 23.5. The number of amides is 1. The van der Waals surface area contributed by atoms with Crippen molar-refractivity contribution in [2.45, 2.75) is 19.9 Å². The summed E-state index contributed by atoms with van der Waals surface area (Å²) in [6.45, 7) is 8.45. The van der Waals surface area contributed by atoms with Gasteiger partial charge in [0.1, 0.15) is 0 Å². The lowest BCUT2D eigenvalue weighted by molar-refractivity contribution is -0.131. The molecule has 1 fully saturated rings. The van der Waals surface area contributed by atoms with Crippen molar-refractivity contribution < 1.29 is 4.79 Å². The van der Waals surface area contributed by atoms with E-state index in [0.717, 1.165) is 26.2 Å². The van der Waals surface area contributed by atoms with Crippen LogP contribution in [0.2, 0.25) is 0 Å². The molecule has 0 aliphatic carbocycles. The number of rotatable bonds is 3. The molecule has 0 saturated carbocycles. The molecule has 0 aromatic rings. The van der Waals surface area contributed by atoms with E-state index in [9.17, 15) is 4.79 Å². The molecule has 4 nitrogen and oxygen atoms in total. The van der Waals surface area contributed by atoms with Crippen LogP contribution < -0.4 is 5.32 Å². The molecule has 1 saturated heterocycles. The van der Waals surface area contributed by atoms with Crippen LogP contribution in [0.3, 0.4) is 0 Å². The van der Waals surface area contributed by atoms with Gasteiger partial charge in [0.15, 0.2) is 0 Å². The van der Waals surface area contributed by atoms with E-state index >= 15 is 0 Å². The van der Waals surface area contributed by atoms with E-state index < -0.39 is 0 Å². The molecule has 0 unspecified atom stereocenters. The van der Waals surface area contributed by atoms with Crippen LogP contribution in [0, 0.1) is 0 Å². The highest BCUT2D eigenvalue weighted by Crippen LogP contribution is 1.99. The molecule has 1 aliphatic heterocycles. The maximum Gasteiger partial charge on any atom is 0.236 e. The maximum atomic E-state index is 11.6. The van der Waals surface area contributed by atoms with Crippen LogP contribution in [0.15, 0.2) is 0 Å². The van der Waals surface area contributed by atoms with Gasteiger partial charge in [-0.05, 0) is 13.8 Å². The Kier molecular flexibility index (Phi) is 4.35. The van der Waals surface area contributed by atoms with Crippen molar-refractivity contribution in [3.8, 4) is 0 Å². The molecular formula is C10H21N3O. The third-order valence-electron chi connectivity index (χ3n) is 2.71. The first-order valence-electron chi connectivity index (χ1n) is 5.33. The van der Waals surface area contributed by atoms with Gasteiger partial charge in [-0.3, -0.25) is 9.69 Å². The molecule has 0 aromatic carbocycles. The van der Waals surface area contributed by atoms with Crippen LogP contribution in [-0.2, 0) is 4.79 Å². The number of carbonyl (C=O) groups excluding carboxylic acids is 1. The Bertz CT molecular complexity index is 196. The van der Waals surface area contributed by atoms with E-state index in [4.69, 9.17) is 0 Å². The van der Waals surface area contributed by atoms with Crippen molar-refractivity contribution in [1.82, 2.24) is 15.1 Å². The minimum absolute atomic E-state index is 0.224. The summed E-state index contributed by atoms with van der Waals surface area (Å²) in [4.78, 5) is 15.6. The summed E-state index contributed by atoms with van der Waals surface area (Å²) in [7, 11) is 1.86. The van der Waals surface area contributed by atoms with Crippen LogP contribution >= 0.6 is 0 Å². The van der Waals surface area contributed by atoms with Crippen LogP contribution in [0.1, 0.15) is 13.8 Å². The van der Waals surface area contributed by atoms with Crippen molar-refractivity contribution in [2.24, 2.45) is 0 Å². The molecule has 1 aliphatic rings. The van der Waals surface area contributed by atoms with E-state index in [2.05, 4.69) is 17.1 Å². The monoisotopic (exact) mass is 199 g/mol. The molecule has 1 atom stereocenters. The predicted octanol–water partition coefficient (Wildman–Crippen LogP) is -0.242. The standard InChI is InChI=1S/C10H21N3O/c1-4-12(3)10(14)8-13-6-5-11-9(2)7-13/h9,11H,4-8H2,1-3H3/t9-/m1/s1. The molecule has 0 bridgehead atoms. The molecule has 0 aromatic heterocycles. The Morgan fingerprint density at radius 1 is 1.64 bits per heavy atom. The fourth-order valence-electron chi connectivity index (χ4n) is 1.64. The fourth-order valence-corrected chi connectivity index (χ4v) is 1.64. The zero-order valence-corrected chi connectivity index (χ0v) is 9.42. The van der Waals surface area contributed by atoms with Crippen molar-refractivity contribution in [1.29, 1.82) is 0 Å². The van der Waals surface area contributed by atoms with E-state index in [1.54, 1.807) is 4.90 Å². The molecule has 0 spiro atoms. The fraction of sp³-hybridized carbons (Fsp3) is 0.900. The lowest BCUT2D eigenvalue weighted by Crippen LogP contribution is -2.51. The molecule has 1 N–H and O–H groups in total. The third-order valence-corrected chi connectivity index (χ3v) is 2.71. The van der Waals surface area contributed by atoms with E-state index in [1.807, 2.05) is 14.0 Å². The summed E-state index contributed by atoms with van der Waals surface area (Å²) in [6, 6.07) is 0.503. The molecule has 1 amide bonds. The first kappa shape index (κ1) is 11.5. The molecule has 4 heteroatoms. The highest BCUT2D eigenvalue weighted by atomic mass is 16.2. The summed E-state index contributed by atoms with van der Waals surface area (Å²) in [5.74, 6) is 0.224. The second-order valence-corrected chi connectivity index (χ2v) is 4.00. The first-order chi connectivity index (χ1) is 6.63. The Hall–Kier alpha value is -0.610. The predicted molar refractivity (Wildman–Crippen MR) is 57.2 cm³/mol. The summed E-state index contributed by atoms with van der Waals surface area (Å²) >= 11 is 0. The van der Waals surface area contributed by atoms with E-state index in [-0.39, 0.29) is 5.91 Å². The largest absolute Gasteiger partial charge is 0.345 e. The van der Waals surface area contributed by atoms with E-state index in [1.165, 1.54) is 0 Å². The summed E-state index contributed by atoms with van der Waals surface area (Å²) in [5, 5.41) is 3.36. The zero-order chi connectivity index (χ0) is 10.6. The van der Waals surface area contributed by atoms with Gasteiger partial charge in [-0.25, -0.2) is 0 Å². The van der Waals surface area contributed by atoms with Gasteiger partial charge in [-0.2, -0.15) is 0 Å². The van der Waals surface area contributed by atoms with Gasteiger partial charge in [0.05, 0.1) is 6.54 Å². The van der Waals surface area contributed by atoms with Gasteiger partial charge in [-0.1, -0.05) is 0 Å². The Labute approximate surface area is 86.2 Å². The first-order valence-corrected chi connectivity index (χ1v) is 5.33. The maximum absolute atomic E-state index is 11.6. The second-order valence-electron chi connectivity index (χ2n) is 4.00. The molecule has 82 valence electrons. The summed E-state index contributed by atoms with van der Waals surface area (Å²) in [5.41, 5.74) is 0. The van der Waals surface area contributed by atoms with Crippen LogP contribution in [0.4, 0.5) is 0 Å². The van der Waals surface area contributed by atoms with Gasteiger partial charge in [0.25, 0.3) is 0 Å². The number of piperazine rings is 1. The van der Waals surface area contributed by atoms with Crippen molar-refractivity contribution in [3.63, 3.8) is 0 Å². The molecule has 1 heterocycles. The SMILES string of the molecule is CCN(C)C(=O)CN1CCN[C@H](C)C1. The Morgan fingerprint density at radius 2 is 2.36 bits per heavy atom. The van der Waals surface area contributed by atoms with Gasteiger partial charge < -0.3 is 10.2 Å². The average Bonchev–Trinajstić information content (AvgIpc) is 2.16. The lowest BCUT2D eigenvalue weighted by Gasteiger charge is -2.32. The van der Waals surface area contributed by atoms with Crippen LogP contribution in [0.5, 0.6) is 0 Å². The Morgan fingerprint density at radius 3 is 2.93 bits per heavy atom. The molecular weight excluding hydrogens is 178 g/mol. The summed E-state index contributed by atoms with van der Waals surface area (Å²) in [6.07, 6.45) is 0. The number of carbonyl (C=O) groups is 1. The number of likely N-dealkylation sites (N-methyl/N-ethyl adjacent to an activating group) is 1. The van der Waals surface area contributed by atoms with Gasteiger partial charge in [0, 0.05) is 39.3 Å². The number of nitrogens with zero attached hydrogens (tertiary/aromatic N) is 2. The Balaban J connectivity index is 2.32. The zero-order valence-electron chi connectivity index (χ0n) is 9.42. The van der Waals surface area contributed by atoms with Gasteiger partial charge in [-0.15, -0.1) is 0 Å². The quantitative estimate of drug-likeness (QED) is 0.681. The van der Waals surface area contributed by atoms with Gasteiger partial charge >= 0.3 is 0 Å². The van der Waals surface area contributed by atoms with Crippen LogP contribution in [0.25, 0.3) is 0 Å². The number of hydrogen-bond donors (Lipinski definition) is 1. The topological polar surface area (TPSA) is 35.6 Å². The number of nitrogens with one attached hydrogen (secondary N) is 1. The highest BCUT2D eigenvalue weighted by molar-refractivity contribution is 5.77. The third kappa shape index (κ3) is 3.27. The van der Waals surface area contributed by atoms with Crippen molar-refractivity contribution >= 4 is 5.91 Å². The molecule has 1 rings (SSSR count). The second kappa shape index (κ2) is 5.32.